The third kappa shape index (κ3) is 6.23. The monoisotopic (exact) mass is 326 g/mol. The summed E-state index contributed by atoms with van der Waals surface area (Å²) in [6.07, 6.45) is 1.56. The van der Waals surface area contributed by atoms with Crippen LogP contribution in [0.25, 0.3) is 0 Å². The van der Waals surface area contributed by atoms with Gasteiger partial charge in [0.15, 0.2) is 0 Å². The lowest BCUT2D eigenvalue weighted by molar-refractivity contribution is -0.297. The van der Waals surface area contributed by atoms with Gasteiger partial charge in [-0.25, -0.2) is 0 Å². The molecule has 0 aliphatic carbocycles. The van der Waals surface area contributed by atoms with Gasteiger partial charge in [0.25, 0.3) is 0 Å². The fourth-order valence-corrected chi connectivity index (χ4v) is 1.80. The first-order valence-corrected chi connectivity index (χ1v) is 7.24. The van der Waals surface area contributed by atoms with Gasteiger partial charge in [-0.05, 0) is 42.5 Å². The fraction of sp³-hybridized carbons (Fsp3) is 0.111. The maximum atomic E-state index is 11.4. The highest BCUT2D eigenvalue weighted by Gasteiger charge is 1.99. The summed E-state index contributed by atoms with van der Waals surface area (Å²) in [5, 5.41) is 12.7. The molecule has 6 heteroatoms. The topological polar surface area (TPSA) is 87.7 Å². The number of hydrogen-bond acceptors (Lipinski definition) is 5. The van der Waals surface area contributed by atoms with Crippen LogP contribution in [0.1, 0.15) is 0 Å². The number of ether oxygens (including phenoxy) is 2. The van der Waals surface area contributed by atoms with E-state index in [1.807, 2.05) is 30.3 Å². The number of amides is 1. The maximum absolute atomic E-state index is 11.4. The highest BCUT2D eigenvalue weighted by Crippen LogP contribution is 2.16. The Labute approximate surface area is 139 Å². The van der Waals surface area contributed by atoms with Gasteiger partial charge in [0.2, 0.25) is 5.91 Å². The molecule has 0 bridgehead atoms. The van der Waals surface area contributed by atoms with E-state index in [0.29, 0.717) is 30.7 Å². The predicted octanol–water partition coefficient (Wildman–Crippen LogP) is 1.39. The minimum Gasteiger partial charge on any atom is -0.545 e. The number of carbonyl (C=O) groups excluding carboxylic acids is 2. The molecule has 1 amide bonds. The fourth-order valence-electron chi connectivity index (χ4n) is 1.80. The van der Waals surface area contributed by atoms with Crippen LogP contribution >= 0.6 is 0 Å². The van der Waals surface area contributed by atoms with E-state index in [9.17, 15) is 14.7 Å². The summed E-state index contributed by atoms with van der Waals surface area (Å²) < 4.78 is 11.0. The van der Waals surface area contributed by atoms with Crippen molar-refractivity contribution in [1.29, 1.82) is 0 Å². The largest absolute Gasteiger partial charge is 0.545 e. The quantitative estimate of drug-likeness (QED) is 0.585. The van der Waals surface area contributed by atoms with Crippen LogP contribution in [-0.2, 0) is 9.59 Å². The molecule has 0 aliphatic rings. The summed E-state index contributed by atoms with van der Waals surface area (Å²) in [6.45, 7) is 0.797. The van der Waals surface area contributed by atoms with Crippen LogP contribution in [0.5, 0.6) is 11.5 Å². The van der Waals surface area contributed by atoms with Gasteiger partial charge in [0, 0.05) is 11.8 Å². The molecule has 0 saturated heterocycles. The van der Waals surface area contributed by atoms with Crippen LogP contribution in [0.4, 0.5) is 5.69 Å². The molecule has 0 aliphatic heterocycles. The molecule has 2 aromatic rings. The number of hydrogen-bond donors (Lipinski definition) is 1. The van der Waals surface area contributed by atoms with Crippen molar-refractivity contribution >= 4 is 17.6 Å². The Kier molecular flexibility index (Phi) is 6.40. The van der Waals surface area contributed by atoms with E-state index in [1.54, 1.807) is 24.3 Å². The van der Waals surface area contributed by atoms with Crippen molar-refractivity contribution in [2.24, 2.45) is 0 Å². The molecule has 124 valence electrons. The lowest BCUT2D eigenvalue weighted by atomic mass is 10.3. The van der Waals surface area contributed by atoms with Crippen molar-refractivity contribution in [3.8, 4) is 11.5 Å². The molecule has 0 unspecified atom stereocenters. The van der Waals surface area contributed by atoms with E-state index in [1.165, 1.54) is 0 Å². The predicted molar refractivity (Wildman–Crippen MR) is 86.7 cm³/mol. The van der Waals surface area contributed by atoms with Crippen LogP contribution in [0.3, 0.4) is 0 Å². The number of carbonyl (C=O) groups is 2. The zero-order chi connectivity index (χ0) is 17.2. The Hall–Kier alpha value is -3.28. The van der Waals surface area contributed by atoms with Gasteiger partial charge in [0.1, 0.15) is 24.7 Å². The number of carboxylic acid groups (broad SMARTS) is 1. The molecule has 0 fully saturated rings. The van der Waals surface area contributed by atoms with Gasteiger partial charge in [0.05, 0.1) is 5.97 Å². The maximum Gasteiger partial charge on any atom is 0.248 e. The molecule has 1 N–H and O–H groups in total. The molecule has 0 spiro atoms. The van der Waals surface area contributed by atoms with E-state index < -0.39 is 11.9 Å². The zero-order valence-corrected chi connectivity index (χ0v) is 12.8. The number of carboxylic acids is 1. The molecule has 0 atom stereocenters. The number of anilines is 1. The van der Waals surface area contributed by atoms with Crippen molar-refractivity contribution in [1.82, 2.24) is 0 Å². The Balaban J connectivity index is 1.73. The van der Waals surface area contributed by atoms with E-state index >= 15 is 0 Å². The first kappa shape index (κ1) is 17.1. The van der Waals surface area contributed by atoms with Gasteiger partial charge in [-0.3, -0.25) is 4.79 Å². The average Bonchev–Trinajstić information content (AvgIpc) is 2.59. The lowest BCUT2D eigenvalue weighted by Gasteiger charge is -2.09. The van der Waals surface area contributed by atoms with Crippen LogP contribution in [0.15, 0.2) is 66.7 Å². The summed E-state index contributed by atoms with van der Waals surface area (Å²) >= 11 is 0. The average molecular weight is 326 g/mol. The van der Waals surface area contributed by atoms with Crippen LogP contribution in [-0.4, -0.2) is 25.1 Å². The summed E-state index contributed by atoms with van der Waals surface area (Å²) in [6, 6.07) is 16.1. The minimum atomic E-state index is -1.42. The van der Waals surface area contributed by atoms with E-state index in [4.69, 9.17) is 9.47 Å². The Morgan fingerprint density at radius 1 is 0.875 bits per heavy atom. The highest BCUT2D eigenvalue weighted by atomic mass is 16.5. The van der Waals surface area contributed by atoms with Gasteiger partial charge < -0.3 is 24.7 Å². The molecule has 2 rings (SSSR count). The Morgan fingerprint density at radius 3 is 2.04 bits per heavy atom. The Bertz CT molecular complexity index is 695. The van der Waals surface area contributed by atoms with Gasteiger partial charge in [-0.15, -0.1) is 0 Å². The van der Waals surface area contributed by atoms with Gasteiger partial charge in [-0.2, -0.15) is 0 Å². The molecule has 0 heterocycles. The summed E-state index contributed by atoms with van der Waals surface area (Å²) in [5.41, 5.74) is 0.524. The molecule has 24 heavy (non-hydrogen) atoms. The minimum absolute atomic E-state index is 0.384. The number of benzene rings is 2. The molecule has 6 nitrogen and oxygen atoms in total. The normalized spacial score (nSPS) is 10.3. The standard InChI is InChI=1S/C18H17NO5/c20-17(10-11-18(21)22)19-14-6-8-16(9-7-14)24-13-12-23-15-4-2-1-3-5-15/h1-11H,12-13H2,(H,19,20)(H,21,22)/p-1/b11-10+. The van der Waals surface area contributed by atoms with Crippen molar-refractivity contribution < 1.29 is 24.2 Å². The van der Waals surface area contributed by atoms with Gasteiger partial charge >= 0.3 is 0 Å². The second-order valence-electron chi connectivity index (χ2n) is 4.68. The third-order valence-electron chi connectivity index (χ3n) is 2.86. The van der Waals surface area contributed by atoms with Crippen molar-refractivity contribution in [2.45, 2.75) is 0 Å². The van der Waals surface area contributed by atoms with E-state index in [-0.39, 0.29) is 0 Å². The number of rotatable bonds is 8. The van der Waals surface area contributed by atoms with Crippen molar-refractivity contribution in [2.75, 3.05) is 18.5 Å². The van der Waals surface area contributed by atoms with Gasteiger partial charge in [-0.1, -0.05) is 18.2 Å². The number of aliphatic carboxylic acids is 1. The van der Waals surface area contributed by atoms with E-state index in [0.717, 1.165) is 11.8 Å². The second-order valence-corrected chi connectivity index (χ2v) is 4.68. The zero-order valence-electron chi connectivity index (χ0n) is 12.8. The first-order valence-electron chi connectivity index (χ1n) is 7.24. The SMILES string of the molecule is O=C([O-])/C=C/C(=O)Nc1ccc(OCCOc2ccccc2)cc1. The molecule has 0 radical (unpaired) electrons. The summed E-state index contributed by atoms with van der Waals surface area (Å²) in [5.74, 6) is -0.561. The third-order valence-corrected chi connectivity index (χ3v) is 2.86. The Morgan fingerprint density at radius 2 is 1.46 bits per heavy atom. The first-order chi connectivity index (χ1) is 11.6. The lowest BCUT2D eigenvalue weighted by Crippen LogP contribution is -2.20. The smallest absolute Gasteiger partial charge is 0.248 e. The molecule has 2 aromatic carbocycles. The van der Waals surface area contributed by atoms with Crippen LogP contribution in [0.2, 0.25) is 0 Å². The molecular formula is C18H16NO5-. The second kappa shape index (κ2) is 8.99. The molecule has 0 aromatic heterocycles. The number of nitrogens with one attached hydrogen (secondary N) is 1. The van der Waals surface area contributed by atoms with E-state index in [2.05, 4.69) is 5.32 Å². The number of para-hydroxylation sites is 1. The van der Waals surface area contributed by atoms with Crippen molar-refractivity contribution in [3.63, 3.8) is 0 Å². The molecular weight excluding hydrogens is 310 g/mol. The van der Waals surface area contributed by atoms with Crippen molar-refractivity contribution in [3.05, 3.63) is 66.7 Å². The summed E-state index contributed by atoms with van der Waals surface area (Å²) in [4.78, 5) is 21.6. The van der Waals surface area contributed by atoms with Crippen LogP contribution < -0.4 is 19.9 Å². The van der Waals surface area contributed by atoms with Crippen LogP contribution in [0, 0.1) is 0 Å². The molecule has 0 saturated carbocycles. The highest BCUT2D eigenvalue weighted by molar-refractivity contribution is 6.02. The summed E-state index contributed by atoms with van der Waals surface area (Å²) in [7, 11) is 0.